The molecule has 0 spiro atoms. The maximum Gasteiger partial charge on any atom is 0.191 e. The molecule has 2 aromatic rings. The van der Waals surface area contributed by atoms with Gasteiger partial charge < -0.3 is 15.4 Å². The summed E-state index contributed by atoms with van der Waals surface area (Å²) in [5.74, 6) is 2.62. The van der Waals surface area contributed by atoms with E-state index in [0.29, 0.717) is 6.04 Å². The van der Waals surface area contributed by atoms with Crippen LogP contribution in [-0.2, 0) is 13.1 Å². The van der Waals surface area contributed by atoms with Gasteiger partial charge in [-0.3, -0.25) is 9.89 Å². The summed E-state index contributed by atoms with van der Waals surface area (Å²) in [6, 6.07) is 11.0. The molecule has 4 rings (SSSR count). The Hall–Kier alpha value is -1.32. The quantitative estimate of drug-likeness (QED) is 0.295. The first-order valence-electron chi connectivity index (χ1n) is 10.7. The van der Waals surface area contributed by atoms with Crippen LogP contribution in [0.5, 0.6) is 5.75 Å². The number of ether oxygens (including phenoxy) is 1. The Bertz CT molecular complexity index is 786. The molecule has 2 fully saturated rings. The van der Waals surface area contributed by atoms with Crippen LogP contribution in [0.3, 0.4) is 0 Å². The van der Waals surface area contributed by atoms with E-state index in [2.05, 4.69) is 55.6 Å². The van der Waals surface area contributed by atoms with Gasteiger partial charge in [-0.25, -0.2) is 0 Å². The van der Waals surface area contributed by atoms with Gasteiger partial charge >= 0.3 is 0 Å². The van der Waals surface area contributed by atoms with Crippen molar-refractivity contribution in [3.05, 3.63) is 52.2 Å². The maximum atomic E-state index is 6.03. The van der Waals surface area contributed by atoms with Crippen LogP contribution >= 0.6 is 35.3 Å². The molecule has 7 heteroatoms. The minimum atomic E-state index is 0. The Labute approximate surface area is 201 Å². The average molecular weight is 541 g/mol. The van der Waals surface area contributed by atoms with Crippen molar-refractivity contribution in [1.29, 1.82) is 0 Å². The van der Waals surface area contributed by atoms with Crippen LogP contribution in [0, 0.1) is 5.92 Å². The van der Waals surface area contributed by atoms with Crippen molar-refractivity contribution >= 4 is 41.3 Å². The Kier molecular flexibility index (Phi) is 9.27. The Balaban J connectivity index is 0.00000256. The molecular weight excluding hydrogens is 507 g/mol. The lowest BCUT2D eigenvalue weighted by Gasteiger charge is -2.33. The van der Waals surface area contributed by atoms with Crippen molar-refractivity contribution in [1.82, 2.24) is 15.5 Å². The van der Waals surface area contributed by atoms with Gasteiger partial charge in [0.15, 0.2) is 5.96 Å². The molecule has 2 N–H and O–H groups in total. The number of rotatable bonds is 8. The Morgan fingerprint density at radius 2 is 1.97 bits per heavy atom. The smallest absolute Gasteiger partial charge is 0.191 e. The number of nitrogens with zero attached hydrogens (tertiary/aromatic N) is 2. The second-order valence-electron chi connectivity index (χ2n) is 8.11. The topological polar surface area (TPSA) is 48.9 Å². The summed E-state index contributed by atoms with van der Waals surface area (Å²) >= 11 is 1.78. The third kappa shape index (κ3) is 7.13. The second-order valence-corrected chi connectivity index (χ2v) is 8.89. The van der Waals surface area contributed by atoms with E-state index in [1.807, 2.05) is 13.1 Å². The molecule has 1 saturated carbocycles. The molecule has 0 amide bonds. The lowest BCUT2D eigenvalue weighted by atomic mass is 10.0. The van der Waals surface area contributed by atoms with Gasteiger partial charge in [0.05, 0.1) is 6.61 Å². The van der Waals surface area contributed by atoms with E-state index in [-0.39, 0.29) is 24.0 Å². The number of aliphatic imine (C=N–C) groups is 1. The second kappa shape index (κ2) is 11.9. The maximum absolute atomic E-state index is 6.03. The standard InChI is InChI=1S/C23H32N4OS.HI/c1-24-23(25-14-20-4-2-3-5-22(20)28-16-18-6-7-18)26-21-8-11-27(12-9-21)15-19-10-13-29-17-19;/h2-5,10,13,17-18,21H,6-9,11-12,14-16H2,1H3,(H2,24,25,26);1H. The lowest BCUT2D eigenvalue weighted by Crippen LogP contribution is -2.48. The van der Waals surface area contributed by atoms with E-state index in [0.717, 1.165) is 63.3 Å². The summed E-state index contributed by atoms with van der Waals surface area (Å²) < 4.78 is 6.03. The highest BCUT2D eigenvalue weighted by Crippen LogP contribution is 2.30. The lowest BCUT2D eigenvalue weighted by molar-refractivity contribution is 0.198. The molecule has 30 heavy (non-hydrogen) atoms. The SMILES string of the molecule is CN=C(NCc1ccccc1OCC1CC1)NC1CCN(Cc2ccsc2)CC1.I. The number of hydrogen-bond donors (Lipinski definition) is 2. The van der Waals surface area contributed by atoms with Gasteiger partial charge in [0.2, 0.25) is 0 Å². The number of likely N-dealkylation sites (tertiary alicyclic amines) is 1. The fraction of sp³-hybridized carbons (Fsp3) is 0.522. The molecule has 2 aliphatic rings. The zero-order valence-electron chi connectivity index (χ0n) is 17.7. The zero-order chi connectivity index (χ0) is 19.9. The molecule has 2 heterocycles. The van der Waals surface area contributed by atoms with E-state index in [4.69, 9.17) is 4.74 Å². The summed E-state index contributed by atoms with van der Waals surface area (Å²) in [5, 5.41) is 11.5. The van der Waals surface area contributed by atoms with Crippen LogP contribution in [0.25, 0.3) is 0 Å². The first-order chi connectivity index (χ1) is 14.3. The van der Waals surface area contributed by atoms with E-state index in [1.54, 1.807) is 11.3 Å². The molecule has 0 atom stereocenters. The molecule has 0 unspecified atom stereocenters. The highest BCUT2D eigenvalue weighted by Gasteiger charge is 2.22. The van der Waals surface area contributed by atoms with Crippen LogP contribution in [-0.4, -0.2) is 43.6 Å². The molecular formula is C23H33IN4OS. The summed E-state index contributed by atoms with van der Waals surface area (Å²) in [4.78, 5) is 6.98. The summed E-state index contributed by atoms with van der Waals surface area (Å²) in [5.41, 5.74) is 2.61. The highest BCUT2D eigenvalue weighted by molar-refractivity contribution is 14.0. The van der Waals surface area contributed by atoms with Crippen molar-refractivity contribution in [2.45, 2.75) is 44.8 Å². The average Bonchev–Trinajstić information content (AvgIpc) is 3.45. The number of hydrogen-bond acceptors (Lipinski definition) is 4. The molecule has 1 saturated heterocycles. The van der Waals surface area contributed by atoms with Crippen LogP contribution in [0.4, 0.5) is 0 Å². The van der Waals surface area contributed by atoms with Gasteiger partial charge in [0.1, 0.15) is 5.75 Å². The molecule has 1 aliphatic carbocycles. The van der Waals surface area contributed by atoms with E-state index in [1.165, 1.54) is 24.0 Å². The molecule has 164 valence electrons. The van der Waals surface area contributed by atoms with Gasteiger partial charge in [-0.1, -0.05) is 18.2 Å². The van der Waals surface area contributed by atoms with Crippen LogP contribution in [0.1, 0.15) is 36.8 Å². The number of thiophene rings is 1. The van der Waals surface area contributed by atoms with Crippen LogP contribution in [0.2, 0.25) is 0 Å². The molecule has 1 aromatic heterocycles. The van der Waals surface area contributed by atoms with Gasteiger partial charge in [0, 0.05) is 44.8 Å². The molecule has 1 aliphatic heterocycles. The number of benzene rings is 1. The molecule has 0 radical (unpaired) electrons. The van der Waals surface area contributed by atoms with Crippen molar-refractivity contribution in [3.63, 3.8) is 0 Å². The van der Waals surface area contributed by atoms with E-state index in [9.17, 15) is 0 Å². The summed E-state index contributed by atoms with van der Waals surface area (Å²) in [6.07, 6.45) is 4.91. The predicted molar refractivity (Wildman–Crippen MR) is 136 cm³/mol. The molecule has 1 aromatic carbocycles. The van der Waals surface area contributed by atoms with Gasteiger partial charge in [-0.15, -0.1) is 24.0 Å². The number of piperidine rings is 1. The van der Waals surface area contributed by atoms with Crippen molar-refractivity contribution in [3.8, 4) is 5.75 Å². The predicted octanol–water partition coefficient (Wildman–Crippen LogP) is 4.48. The normalized spacial score (nSPS) is 18.0. The third-order valence-corrected chi connectivity index (χ3v) is 6.46. The van der Waals surface area contributed by atoms with Crippen molar-refractivity contribution < 1.29 is 4.74 Å². The van der Waals surface area contributed by atoms with Crippen LogP contribution < -0.4 is 15.4 Å². The van der Waals surface area contributed by atoms with Gasteiger partial charge in [-0.05, 0) is 60.1 Å². The minimum absolute atomic E-state index is 0. The monoisotopic (exact) mass is 540 g/mol. The Morgan fingerprint density at radius 1 is 1.17 bits per heavy atom. The number of halogens is 1. The number of guanidine groups is 1. The largest absolute Gasteiger partial charge is 0.493 e. The van der Waals surface area contributed by atoms with Crippen molar-refractivity contribution in [2.75, 3.05) is 26.7 Å². The van der Waals surface area contributed by atoms with E-state index >= 15 is 0 Å². The third-order valence-electron chi connectivity index (χ3n) is 5.73. The number of nitrogens with one attached hydrogen (secondary N) is 2. The minimum Gasteiger partial charge on any atom is -0.493 e. The van der Waals surface area contributed by atoms with Gasteiger partial charge in [0.25, 0.3) is 0 Å². The molecule has 5 nitrogen and oxygen atoms in total. The molecule has 0 bridgehead atoms. The fourth-order valence-electron chi connectivity index (χ4n) is 3.73. The highest BCUT2D eigenvalue weighted by atomic mass is 127. The Morgan fingerprint density at radius 3 is 2.67 bits per heavy atom. The fourth-order valence-corrected chi connectivity index (χ4v) is 4.39. The zero-order valence-corrected chi connectivity index (χ0v) is 20.8. The van der Waals surface area contributed by atoms with Gasteiger partial charge in [-0.2, -0.15) is 11.3 Å². The summed E-state index contributed by atoms with van der Waals surface area (Å²) in [6.45, 7) is 4.89. The van der Waals surface area contributed by atoms with Crippen molar-refractivity contribution in [2.24, 2.45) is 10.9 Å². The summed E-state index contributed by atoms with van der Waals surface area (Å²) in [7, 11) is 1.84. The first-order valence-corrected chi connectivity index (χ1v) is 11.7. The van der Waals surface area contributed by atoms with E-state index < -0.39 is 0 Å². The number of para-hydroxylation sites is 1. The van der Waals surface area contributed by atoms with Crippen LogP contribution in [0.15, 0.2) is 46.1 Å². The first kappa shape index (κ1) is 23.3.